The second-order valence-electron chi connectivity index (χ2n) is 3.31. The minimum Gasteiger partial charge on any atom is -0.295 e. The highest BCUT2D eigenvalue weighted by molar-refractivity contribution is 9.11. The third-order valence-corrected chi connectivity index (χ3v) is 4.15. The van der Waals surface area contributed by atoms with Crippen LogP contribution in [-0.4, -0.2) is 11.3 Å². The van der Waals surface area contributed by atoms with Gasteiger partial charge in [0.15, 0.2) is 11.3 Å². The molecule has 13 heavy (non-hydrogen) atoms. The molecule has 70 valence electrons. The molecule has 0 unspecified atom stereocenters. The molecule has 0 radical (unpaired) electrons. The Morgan fingerprint density at radius 1 is 1.46 bits per heavy atom. The summed E-state index contributed by atoms with van der Waals surface area (Å²) in [6, 6.07) is 0. The molecule has 0 saturated heterocycles. The highest BCUT2D eigenvalue weighted by Crippen LogP contribution is 2.39. The lowest BCUT2D eigenvalue weighted by atomic mass is 10.1. The lowest BCUT2D eigenvalue weighted by molar-refractivity contribution is 0.112. The molecular formula is C9H10BrNOS. The third kappa shape index (κ3) is 1.83. The standard InChI is InChI=1S/C9H10BrNOS/c10-9-8(6-3-1-2-4-6)11-7(5-12)13-9/h5-6H,1-4H2. The summed E-state index contributed by atoms with van der Waals surface area (Å²) in [7, 11) is 0. The first-order valence-electron chi connectivity index (χ1n) is 4.42. The summed E-state index contributed by atoms with van der Waals surface area (Å²) in [5, 5.41) is 0.591. The molecule has 0 aromatic carbocycles. The van der Waals surface area contributed by atoms with Crippen molar-refractivity contribution in [1.29, 1.82) is 0 Å². The fraction of sp³-hybridized carbons (Fsp3) is 0.556. The number of hydrogen-bond donors (Lipinski definition) is 0. The predicted octanol–water partition coefficient (Wildman–Crippen LogP) is 3.38. The van der Waals surface area contributed by atoms with Crippen LogP contribution in [0.15, 0.2) is 3.79 Å². The zero-order valence-corrected chi connectivity index (χ0v) is 9.53. The van der Waals surface area contributed by atoms with Gasteiger partial charge < -0.3 is 0 Å². The Bertz CT molecular complexity index is 317. The Labute approximate surface area is 89.5 Å². The molecule has 0 aliphatic heterocycles. The Kier molecular flexibility index (Phi) is 2.79. The van der Waals surface area contributed by atoms with Gasteiger partial charge in [-0.3, -0.25) is 4.79 Å². The maximum Gasteiger partial charge on any atom is 0.178 e. The molecule has 2 rings (SSSR count). The molecule has 1 aromatic rings. The molecule has 2 nitrogen and oxygen atoms in total. The Morgan fingerprint density at radius 2 is 2.15 bits per heavy atom. The fourth-order valence-electron chi connectivity index (χ4n) is 1.83. The van der Waals surface area contributed by atoms with Crippen LogP contribution >= 0.6 is 27.3 Å². The summed E-state index contributed by atoms with van der Waals surface area (Å²) in [5.74, 6) is 0.583. The number of rotatable bonds is 2. The molecule has 1 aliphatic rings. The average Bonchev–Trinajstić information content (AvgIpc) is 2.72. The van der Waals surface area contributed by atoms with Crippen molar-refractivity contribution in [3.8, 4) is 0 Å². The highest BCUT2D eigenvalue weighted by Gasteiger charge is 2.22. The van der Waals surface area contributed by atoms with Crippen molar-refractivity contribution in [2.24, 2.45) is 0 Å². The van der Waals surface area contributed by atoms with Gasteiger partial charge in [0.1, 0.15) is 0 Å². The van der Waals surface area contributed by atoms with Crippen LogP contribution in [0.3, 0.4) is 0 Å². The molecule has 1 heterocycles. The van der Waals surface area contributed by atoms with Gasteiger partial charge in [0, 0.05) is 5.92 Å². The van der Waals surface area contributed by atoms with Gasteiger partial charge in [0.05, 0.1) is 9.48 Å². The molecule has 1 aliphatic carbocycles. The number of thiazole rings is 1. The van der Waals surface area contributed by atoms with Crippen molar-refractivity contribution >= 4 is 33.6 Å². The van der Waals surface area contributed by atoms with Gasteiger partial charge in [-0.15, -0.1) is 11.3 Å². The van der Waals surface area contributed by atoms with Gasteiger partial charge in [0.25, 0.3) is 0 Å². The number of carbonyl (C=O) groups excluding carboxylic acids is 1. The van der Waals surface area contributed by atoms with Crippen molar-refractivity contribution in [1.82, 2.24) is 4.98 Å². The summed E-state index contributed by atoms with van der Waals surface area (Å²) in [6.07, 6.45) is 5.87. The molecule has 0 spiro atoms. The summed E-state index contributed by atoms with van der Waals surface area (Å²) in [5.41, 5.74) is 1.10. The van der Waals surface area contributed by atoms with E-state index in [1.807, 2.05) is 0 Å². The van der Waals surface area contributed by atoms with Crippen molar-refractivity contribution < 1.29 is 4.79 Å². The minimum atomic E-state index is 0.583. The molecule has 0 atom stereocenters. The lowest BCUT2D eigenvalue weighted by Gasteiger charge is -2.04. The van der Waals surface area contributed by atoms with Crippen molar-refractivity contribution in [2.45, 2.75) is 31.6 Å². The van der Waals surface area contributed by atoms with E-state index < -0.39 is 0 Å². The quantitative estimate of drug-likeness (QED) is 0.763. The first-order valence-corrected chi connectivity index (χ1v) is 6.03. The molecule has 0 bridgehead atoms. The van der Waals surface area contributed by atoms with Gasteiger partial charge in [-0.1, -0.05) is 12.8 Å². The van der Waals surface area contributed by atoms with Gasteiger partial charge in [-0.2, -0.15) is 0 Å². The van der Waals surface area contributed by atoms with E-state index in [4.69, 9.17) is 0 Å². The largest absolute Gasteiger partial charge is 0.295 e. The summed E-state index contributed by atoms with van der Waals surface area (Å²) >= 11 is 4.90. The SMILES string of the molecule is O=Cc1nc(C2CCCC2)c(Br)s1. The van der Waals surface area contributed by atoms with E-state index in [0.717, 1.165) is 15.8 Å². The van der Waals surface area contributed by atoms with E-state index in [1.165, 1.54) is 37.0 Å². The van der Waals surface area contributed by atoms with Gasteiger partial charge >= 0.3 is 0 Å². The van der Waals surface area contributed by atoms with Crippen LogP contribution in [0.4, 0.5) is 0 Å². The normalized spacial score (nSPS) is 17.9. The first-order chi connectivity index (χ1) is 6.31. The summed E-state index contributed by atoms with van der Waals surface area (Å²) < 4.78 is 1.04. The van der Waals surface area contributed by atoms with E-state index in [2.05, 4.69) is 20.9 Å². The molecule has 1 fully saturated rings. The first kappa shape index (κ1) is 9.34. The number of carbonyl (C=O) groups is 1. The zero-order valence-electron chi connectivity index (χ0n) is 7.12. The number of halogens is 1. The van der Waals surface area contributed by atoms with Crippen LogP contribution in [0.2, 0.25) is 0 Å². The van der Waals surface area contributed by atoms with Crippen LogP contribution in [0.5, 0.6) is 0 Å². The third-order valence-electron chi connectivity index (χ3n) is 2.47. The Morgan fingerprint density at radius 3 is 2.69 bits per heavy atom. The second-order valence-corrected chi connectivity index (χ2v) is 5.66. The fourth-order valence-corrected chi connectivity index (χ4v) is 3.43. The smallest absolute Gasteiger partial charge is 0.178 e. The van der Waals surface area contributed by atoms with E-state index in [0.29, 0.717) is 10.9 Å². The minimum absolute atomic E-state index is 0.583. The molecule has 1 saturated carbocycles. The maximum absolute atomic E-state index is 10.5. The van der Waals surface area contributed by atoms with Crippen LogP contribution in [0, 0.1) is 0 Å². The zero-order chi connectivity index (χ0) is 9.26. The monoisotopic (exact) mass is 259 g/mol. The molecule has 1 aromatic heterocycles. The second kappa shape index (κ2) is 3.88. The Balaban J connectivity index is 2.27. The van der Waals surface area contributed by atoms with Crippen molar-refractivity contribution in [3.63, 3.8) is 0 Å². The molecule has 4 heteroatoms. The summed E-state index contributed by atoms with van der Waals surface area (Å²) in [4.78, 5) is 14.8. The van der Waals surface area contributed by atoms with Crippen LogP contribution in [-0.2, 0) is 0 Å². The van der Waals surface area contributed by atoms with E-state index >= 15 is 0 Å². The summed E-state index contributed by atoms with van der Waals surface area (Å²) in [6.45, 7) is 0. The van der Waals surface area contributed by atoms with Gasteiger partial charge in [-0.25, -0.2) is 4.98 Å². The Hall–Kier alpha value is -0.220. The van der Waals surface area contributed by atoms with Crippen LogP contribution in [0.1, 0.15) is 47.1 Å². The molecule has 0 amide bonds. The van der Waals surface area contributed by atoms with E-state index in [1.54, 1.807) is 0 Å². The number of aromatic nitrogens is 1. The van der Waals surface area contributed by atoms with Crippen molar-refractivity contribution in [3.05, 3.63) is 14.5 Å². The van der Waals surface area contributed by atoms with Crippen molar-refractivity contribution in [2.75, 3.05) is 0 Å². The van der Waals surface area contributed by atoms with Gasteiger partial charge in [-0.05, 0) is 28.8 Å². The van der Waals surface area contributed by atoms with Crippen LogP contribution in [0.25, 0.3) is 0 Å². The lowest BCUT2D eigenvalue weighted by Crippen LogP contribution is -1.93. The van der Waals surface area contributed by atoms with Crippen LogP contribution < -0.4 is 0 Å². The average molecular weight is 260 g/mol. The predicted molar refractivity (Wildman–Crippen MR) is 56.4 cm³/mol. The van der Waals surface area contributed by atoms with E-state index in [-0.39, 0.29) is 0 Å². The molecule has 0 N–H and O–H groups in total. The number of hydrogen-bond acceptors (Lipinski definition) is 3. The van der Waals surface area contributed by atoms with Gasteiger partial charge in [0.2, 0.25) is 0 Å². The highest BCUT2D eigenvalue weighted by atomic mass is 79.9. The topological polar surface area (TPSA) is 30.0 Å². The number of nitrogens with zero attached hydrogens (tertiary/aromatic N) is 1. The van der Waals surface area contributed by atoms with E-state index in [9.17, 15) is 4.79 Å². The molecular weight excluding hydrogens is 250 g/mol. The number of aldehydes is 1. The maximum atomic E-state index is 10.5.